The van der Waals surface area contributed by atoms with Gasteiger partial charge in [-0.25, -0.2) is 18.0 Å². The smallest absolute Gasteiger partial charge is 0.411 e. The minimum Gasteiger partial charge on any atom is -0.436 e. The van der Waals surface area contributed by atoms with Crippen LogP contribution in [0.1, 0.15) is 42.9 Å². The fourth-order valence-corrected chi connectivity index (χ4v) is 5.64. The SMILES string of the molecule is C[C@H](N(Cc1ccc(F)cc1)C(=O)CN1C[C@]2(CCC3C(=O)C(c4cncc(C(F)F)c4)=CC=C32)OC1=O)C(F)(F)F. The molecule has 2 fully saturated rings. The first-order valence-electron chi connectivity index (χ1n) is 13.1. The van der Waals surface area contributed by atoms with Crippen LogP contribution in [0.3, 0.4) is 0 Å². The summed E-state index contributed by atoms with van der Waals surface area (Å²) >= 11 is 0. The molecule has 7 nitrogen and oxygen atoms in total. The van der Waals surface area contributed by atoms with Crippen molar-refractivity contribution in [3.63, 3.8) is 0 Å². The predicted molar refractivity (Wildman–Crippen MR) is 136 cm³/mol. The second kappa shape index (κ2) is 10.9. The van der Waals surface area contributed by atoms with Gasteiger partial charge in [-0.15, -0.1) is 0 Å². The number of halogens is 6. The van der Waals surface area contributed by atoms with Crippen LogP contribution in [0.5, 0.6) is 0 Å². The van der Waals surface area contributed by atoms with Gasteiger partial charge in [0.15, 0.2) is 11.4 Å². The van der Waals surface area contributed by atoms with Gasteiger partial charge in [-0.1, -0.05) is 24.3 Å². The molecular weight excluding hydrogens is 568 g/mol. The van der Waals surface area contributed by atoms with E-state index in [-0.39, 0.29) is 47.4 Å². The minimum absolute atomic E-state index is 0.163. The van der Waals surface area contributed by atoms with E-state index in [2.05, 4.69) is 4.98 Å². The number of carbonyl (C=O) groups is 3. The zero-order valence-electron chi connectivity index (χ0n) is 22.2. The predicted octanol–water partition coefficient (Wildman–Crippen LogP) is 5.63. The molecule has 2 aliphatic carbocycles. The number of amides is 2. The second-order valence-corrected chi connectivity index (χ2v) is 10.5. The van der Waals surface area contributed by atoms with Crippen molar-refractivity contribution in [3.8, 4) is 0 Å². The molecule has 42 heavy (non-hydrogen) atoms. The van der Waals surface area contributed by atoms with Crippen LogP contribution in [0.2, 0.25) is 0 Å². The highest BCUT2D eigenvalue weighted by atomic mass is 19.4. The molecule has 1 spiro atoms. The van der Waals surface area contributed by atoms with E-state index < -0.39 is 61.1 Å². The first-order chi connectivity index (χ1) is 19.8. The molecule has 13 heteroatoms. The number of fused-ring (bicyclic) bond motifs is 2. The van der Waals surface area contributed by atoms with Crippen LogP contribution in [-0.4, -0.2) is 63.5 Å². The summed E-state index contributed by atoms with van der Waals surface area (Å²) in [7, 11) is 0. The molecule has 1 saturated heterocycles. The van der Waals surface area contributed by atoms with Gasteiger partial charge in [0.2, 0.25) is 5.91 Å². The van der Waals surface area contributed by atoms with Gasteiger partial charge in [0.25, 0.3) is 6.43 Å². The summed E-state index contributed by atoms with van der Waals surface area (Å²) in [4.78, 5) is 44.8. The lowest BCUT2D eigenvalue weighted by molar-refractivity contribution is -0.187. The van der Waals surface area contributed by atoms with Crippen LogP contribution in [0.4, 0.5) is 31.1 Å². The molecule has 1 aromatic heterocycles. The van der Waals surface area contributed by atoms with Crippen LogP contribution in [0.15, 0.2) is 60.5 Å². The number of nitrogens with zero attached hydrogens (tertiary/aromatic N) is 3. The molecule has 1 saturated carbocycles. The first-order valence-corrected chi connectivity index (χ1v) is 13.1. The molecule has 2 aromatic rings. The molecule has 0 bridgehead atoms. The molecule has 0 radical (unpaired) electrons. The van der Waals surface area contributed by atoms with E-state index in [9.17, 15) is 40.7 Å². The summed E-state index contributed by atoms with van der Waals surface area (Å²) in [5.74, 6) is -2.64. The number of ketones is 1. The van der Waals surface area contributed by atoms with E-state index in [1.807, 2.05) is 0 Å². The molecule has 3 aliphatic rings. The quantitative estimate of drug-likeness (QED) is 0.389. The van der Waals surface area contributed by atoms with E-state index in [1.165, 1.54) is 30.5 Å². The van der Waals surface area contributed by atoms with Crippen LogP contribution in [-0.2, 0) is 20.9 Å². The number of carbonyl (C=O) groups excluding carboxylic acids is 3. The van der Waals surface area contributed by atoms with Gasteiger partial charge in [0, 0.05) is 41.6 Å². The van der Waals surface area contributed by atoms with Gasteiger partial charge in [0.05, 0.1) is 6.54 Å². The average molecular weight is 594 g/mol. The van der Waals surface area contributed by atoms with E-state index in [1.54, 1.807) is 6.08 Å². The molecule has 0 N–H and O–H groups in total. The molecular formula is C29H25F6N3O4. The summed E-state index contributed by atoms with van der Waals surface area (Å²) < 4.78 is 86.2. The van der Waals surface area contributed by atoms with Crippen LogP contribution >= 0.6 is 0 Å². The number of pyridine rings is 1. The third kappa shape index (κ3) is 5.51. The summed E-state index contributed by atoms with van der Waals surface area (Å²) in [6.45, 7) is -0.517. The Kier molecular flexibility index (Phi) is 7.62. The third-order valence-corrected chi connectivity index (χ3v) is 7.91. The Balaban J connectivity index is 1.36. The van der Waals surface area contributed by atoms with Gasteiger partial charge >= 0.3 is 12.3 Å². The number of rotatable bonds is 7. The molecule has 1 aromatic carbocycles. The Morgan fingerprint density at radius 1 is 1.17 bits per heavy atom. The molecule has 2 amide bonds. The monoisotopic (exact) mass is 593 g/mol. The minimum atomic E-state index is -4.76. The van der Waals surface area contributed by atoms with Gasteiger partial charge in [0.1, 0.15) is 18.4 Å². The van der Waals surface area contributed by atoms with E-state index >= 15 is 0 Å². The molecule has 222 valence electrons. The van der Waals surface area contributed by atoms with Gasteiger partial charge in [-0.05, 0) is 49.1 Å². The highest BCUT2D eigenvalue weighted by Gasteiger charge is 2.56. The largest absolute Gasteiger partial charge is 0.436 e. The number of ether oxygens (including phenoxy) is 1. The van der Waals surface area contributed by atoms with Crippen LogP contribution in [0.25, 0.3) is 5.57 Å². The highest BCUT2D eigenvalue weighted by molar-refractivity contribution is 6.24. The zero-order chi connectivity index (χ0) is 30.4. The standard InChI is InChI=1S/C29H25F6N3O4/c1-16(29(33,34)35)38(13-17-2-4-20(30)5-3-17)24(39)14-37-15-28(42-27(37)41)9-8-22-23(28)7-6-21(25(22)40)18-10-19(26(31)32)12-36-11-18/h2-7,10-12,16,22,26H,8-9,13-15H2,1H3/t16-,22?,28-/m0/s1. The topological polar surface area (TPSA) is 79.8 Å². The average Bonchev–Trinajstić information content (AvgIpc) is 3.46. The number of alkyl halides is 5. The summed E-state index contributed by atoms with van der Waals surface area (Å²) in [6, 6.07) is 3.67. The lowest BCUT2D eigenvalue weighted by atomic mass is 9.81. The normalized spacial score (nSPS) is 22.7. The maximum absolute atomic E-state index is 13.7. The highest BCUT2D eigenvalue weighted by Crippen LogP contribution is 2.49. The maximum atomic E-state index is 13.7. The summed E-state index contributed by atoms with van der Waals surface area (Å²) in [5, 5.41) is 0. The van der Waals surface area contributed by atoms with Crippen LogP contribution in [0, 0.1) is 11.7 Å². The van der Waals surface area contributed by atoms with Crippen molar-refractivity contribution >= 4 is 23.4 Å². The number of allylic oxidation sites excluding steroid dienone is 3. The van der Waals surface area contributed by atoms with E-state index in [0.717, 1.165) is 30.2 Å². The van der Waals surface area contributed by atoms with Crippen molar-refractivity contribution in [1.82, 2.24) is 14.8 Å². The van der Waals surface area contributed by atoms with Crippen molar-refractivity contribution in [3.05, 3.63) is 83.0 Å². The van der Waals surface area contributed by atoms with Crippen molar-refractivity contribution < 1.29 is 45.5 Å². The molecule has 5 rings (SSSR count). The molecule has 1 unspecified atom stereocenters. The Labute approximate surface area is 236 Å². The fourth-order valence-electron chi connectivity index (χ4n) is 5.64. The Bertz CT molecular complexity index is 1470. The van der Waals surface area contributed by atoms with E-state index in [0.29, 0.717) is 10.5 Å². The number of aromatic nitrogens is 1. The number of hydrogen-bond donors (Lipinski definition) is 0. The lowest BCUT2D eigenvalue weighted by Gasteiger charge is -2.32. The van der Waals surface area contributed by atoms with Crippen LogP contribution < -0.4 is 0 Å². The number of hydrogen-bond acceptors (Lipinski definition) is 5. The van der Waals surface area contributed by atoms with E-state index in [4.69, 9.17) is 4.74 Å². The van der Waals surface area contributed by atoms with Gasteiger partial charge in [-0.2, -0.15) is 13.2 Å². The Morgan fingerprint density at radius 3 is 2.55 bits per heavy atom. The molecule has 3 atom stereocenters. The van der Waals surface area contributed by atoms with Crippen molar-refractivity contribution in [1.29, 1.82) is 0 Å². The number of Topliss-reactive ketones (excluding diaryl/α,β-unsaturated/α-hetero) is 1. The maximum Gasteiger partial charge on any atom is 0.411 e. The Hall–Kier alpha value is -4.16. The Morgan fingerprint density at radius 2 is 1.88 bits per heavy atom. The fraction of sp³-hybridized carbons (Fsp3) is 0.379. The third-order valence-electron chi connectivity index (χ3n) is 7.91. The van der Waals surface area contributed by atoms with Gasteiger partial charge in [-0.3, -0.25) is 19.5 Å². The summed E-state index contributed by atoms with van der Waals surface area (Å²) in [6.07, 6.45) is -2.58. The van der Waals surface area contributed by atoms with Crippen molar-refractivity contribution in [2.75, 3.05) is 13.1 Å². The van der Waals surface area contributed by atoms with Crippen molar-refractivity contribution in [2.45, 2.75) is 50.6 Å². The molecule has 1 aliphatic heterocycles. The number of benzene rings is 1. The lowest BCUT2D eigenvalue weighted by Crippen LogP contribution is -2.50. The van der Waals surface area contributed by atoms with Gasteiger partial charge < -0.3 is 9.64 Å². The molecule has 2 heterocycles. The first kappa shape index (κ1) is 29.3. The summed E-state index contributed by atoms with van der Waals surface area (Å²) in [5.41, 5.74) is -0.445. The van der Waals surface area contributed by atoms with Crippen molar-refractivity contribution in [2.24, 2.45) is 5.92 Å². The second-order valence-electron chi connectivity index (χ2n) is 10.5. The zero-order valence-corrected chi connectivity index (χ0v) is 22.2.